The first kappa shape index (κ1) is 34.1. The van der Waals surface area contributed by atoms with Crippen molar-refractivity contribution >= 4 is 58.1 Å². The molecule has 0 radical (unpaired) electrons. The molecule has 11 nitrogen and oxygen atoms in total. The minimum Gasteiger partial charge on any atom is -0.493 e. The van der Waals surface area contributed by atoms with Crippen LogP contribution in [0.15, 0.2) is 89.2 Å². The zero-order valence-electron chi connectivity index (χ0n) is 26.3. The van der Waals surface area contributed by atoms with Gasteiger partial charge in [0.25, 0.3) is 5.91 Å². The molecule has 5 rings (SSSR count). The van der Waals surface area contributed by atoms with Crippen LogP contribution in [0.3, 0.4) is 0 Å². The number of fused-ring (bicyclic) bond motifs is 1. The molecule has 0 bridgehead atoms. The SMILES string of the molecule is CCOC(=O)C1=C(C)NC(=O)N[C@H]1c1ccc(OCC(=O)N/N=C/c2c(OCc3ccc(Cl)cc3Cl)ccc3ccccc23)c(OC)c1. The van der Waals surface area contributed by atoms with Crippen molar-refractivity contribution in [3.05, 3.63) is 111 Å². The lowest BCUT2D eigenvalue weighted by molar-refractivity contribution is -0.139. The van der Waals surface area contributed by atoms with Crippen LogP contribution in [0, 0.1) is 0 Å². The molecule has 3 amide bonds. The number of nitrogens with zero attached hydrogens (tertiary/aromatic N) is 1. The maximum Gasteiger partial charge on any atom is 0.338 e. The number of carbonyl (C=O) groups excluding carboxylic acids is 3. The van der Waals surface area contributed by atoms with Gasteiger partial charge in [-0.1, -0.05) is 65.7 Å². The molecule has 1 heterocycles. The Balaban J connectivity index is 1.27. The highest BCUT2D eigenvalue weighted by atomic mass is 35.5. The minimum atomic E-state index is -0.787. The summed E-state index contributed by atoms with van der Waals surface area (Å²) in [6.45, 7) is 3.32. The lowest BCUT2D eigenvalue weighted by Gasteiger charge is -2.28. The fourth-order valence-corrected chi connectivity index (χ4v) is 5.54. The van der Waals surface area contributed by atoms with Crippen LogP contribution in [0.5, 0.6) is 17.2 Å². The molecule has 4 aromatic rings. The number of nitrogens with one attached hydrogen (secondary N) is 3. The fourth-order valence-electron chi connectivity index (χ4n) is 5.08. The molecule has 0 unspecified atom stereocenters. The molecule has 0 saturated carbocycles. The lowest BCUT2D eigenvalue weighted by atomic mass is 9.95. The second-order valence-electron chi connectivity index (χ2n) is 10.5. The molecular weight excluding hydrogens is 659 g/mol. The molecule has 0 aliphatic carbocycles. The molecule has 1 atom stereocenters. The summed E-state index contributed by atoms with van der Waals surface area (Å²) >= 11 is 12.4. The molecule has 13 heteroatoms. The van der Waals surface area contributed by atoms with Gasteiger partial charge in [-0.15, -0.1) is 0 Å². The standard InChI is InChI=1S/C35H32Cl2N4O7/c1-4-46-34(43)32-20(2)39-35(44)40-33(32)22-11-14-29(30(15-22)45-3)48-19-31(42)41-38-17-26-25-8-6-5-7-21(25)10-13-28(26)47-18-23-9-12-24(36)16-27(23)37/h5-17,33H,4,18-19H2,1-3H3,(H,41,42)(H2,39,40,44)/b38-17+/t33-/m0/s1. The Morgan fingerprint density at radius 2 is 1.77 bits per heavy atom. The van der Waals surface area contributed by atoms with Crippen molar-refractivity contribution in [2.75, 3.05) is 20.3 Å². The Morgan fingerprint density at radius 1 is 0.979 bits per heavy atom. The van der Waals surface area contributed by atoms with Crippen LogP contribution in [0.2, 0.25) is 10.0 Å². The Kier molecular flexibility index (Phi) is 11.0. The Bertz CT molecular complexity index is 1930. The molecule has 4 aromatic carbocycles. The highest BCUT2D eigenvalue weighted by Gasteiger charge is 2.32. The van der Waals surface area contributed by atoms with E-state index in [0.29, 0.717) is 32.6 Å². The van der Waals surface area contributed by atoms with E-state index < -0.39 is 23.9 Å². The minimum absolute atomic E-state index is 0.176. The first-order chi connectivity index (χ1) is 23.2. The van der Waals surface area contributed by atoms with Crippen molar-refractivity contribution in [1.82, 2.24) is 16.1 Å². The van der Waals surface area contributed by atoms with Gasteiger partial charge in [-0.3, -0.25) is 4.79 Å². The van der Waals surface area contributed by atoms with Crippen LogP contribution in [-0.2, 0) is 20.9 Å². The van der Waals surface area contributed by atoms with E-state index in [1.165, 1.54) is 13.3 Å². The molecule has 1 aliphatic rings. The number of benzene rings is 4. The van der Waals surface area contributed by atoms with E-state index in [1.807, 2.05) is 36.4 Å². The first-order valence-corrected chi connectivity index (χ1v) is 15.6. The van der Waals surface area contributed by atoms with Gasteiger partial charge in [0.2, 0.25) is 0 Å². The molecule has 0 aromatic heterocycles. The Morgan fingerprint density at radius 3 is 2.54 bits per heavy atom. The number of urea groups is 1. The lowest BCUT2D eigenvalue weighted by Crippen LogP contribution is -2.45. The number of halogens is 2. The van der Waals surface area contributed by atoms with E-state index in [2.05, 4.69) is 21.2 Å². The van der Waals surface area contributed by atoms with Gasteiger partial charge < -0.3 is 29.6 Å². The number of allylic oxidation sites excluding steroid dienone is 1. The molecule has 0 spiro atoms. The van der Waals surface area contributed by atoms with Gasteiger partial charge >= 0.3 is 12.0 Å². The third kappa shape index (κ3) is 7.99. The predicted octanol–water partition coefficient (Wildman–Crippen LogP) is 6.45. The summed E-state index contributed by atoms with van der Waals surface area (Å²) in [6.07, 6.45) is 1.51. The van der Waals surface area contributed by atoms with Crippen molar-refractivity contribution < 1.29 is 33.3 Å². The topological polar surface area (TPSA) is 137 Å². The van der Waals surface area contributed by atoms with E-state index >= 15 is 0 Å². The number of hydrogen-bond donors (Lipinski definition) is 3. The zero-order valence-corrected chi connectivity index (χ0v) is 27.8. The number of carbonyl (C=O) groups is 3. The molecule has 3 N–H and O–H groups in total. The highest BCUT2D eigenvalue weighted by molar-refractivity contribution is 6.35. The zero-order chi connectivity index (χ0) is 34.2. The van der Waals surface area contributed by atoms with Crippen molar-refractivity contribution in [1.29, 1.82) is 0 Å². The maximum atomic E-state index is 12.7. The van der Waals surface area contributed by atoms with Crippen LogP contribution < -0.4 is 30.3 Å². The van der Waals surface area contributed by atoms with Crippen LogP contribution in [-0.4, -0.2) is 44.4 Å². The van der Waals surface area contributed by atoms with Gasteiger partial charge in [-0.25, -0.2) is 15.0 Å². The summed E-state index contributed by atoms with van der Waals surface area (Å²) in [5, 5.41) is 12.4. The first-order valence-electron chi connectivity index (χ1n) is 14.8. The maximum absolute atomic E-state index is 12.7. The fraction of sp³-hybridized carbons (Fsp3) is 0.200. The molecule has 1 aliphatic heterocycles. The highest BCUT2D eigenvalue weighted by Crippen LogP contribution is 2.35. The summed E-state index contributed by atoms with van der Waals surface area (Å²) in [4.78, 5) is 37.6. The van der Waals surface area contributed by atoms with Crippen LogP contribution in [0.25, 0.3) is 10.8 Å². The van der Waals surface area contributed by atoms with E-state index in [4.69, 9.17) is 42.1 Å². The van der Waals surface area contributed by atoms with Gasteiger partial charge in [-0.2, -0.15) is 5.10 Å². The third-order valence-corrected chi connectivity index (χ3v) is 7.94. The normalized spacial score (nSPS) is 14.4. The van der Waals surface area contributed by atoms with E-state index in [-0.39, 0.29) is 36.9 Å². The van der Waals surface area contributed by atoms with Gasteiger partial charge in [0, 0.05) is 26.9 Å². The van der Waals surface area contributed by atoms with Gasteiger partial charge in [0.05, 0.1) is 31.5 Å². The second-order valence-corrected chi connectivity index (χ2v) is 11.3. The number of methoxy groups -OCH3 is 1. The number of amides is 3. The molecule has 0 saturated heterocycles. The summed E-state index contributed by atoms with van der Waals surface area (Å²) in [5.41, 5.74) is 5.10. The van der Waals surface area contributed by atoms with E-state index in [9.17, 15) is 14.4 Å². The van der Waals surface area contributed by atoms with Gasteiger partial charge in [-0.05, 0) is 60.5 Å². The average molecular weight is 692 g/mol. The van der Waals surface area contributed by atoms with Crippen LogP contribution in [0.1, 0.15) is 36.6 Å². The monoisotopic (exact) mass is 690 g/mol. The number of ether oxygens (including phenoxy) is 4. The summed E-state index contributed by atoms with van der Waals surface area (Å²) in [6, 6.07) is 20.3. The van der Waals surface area contributed by atoms with E-state index in [1.54, 1.807) is 50.2 Å². The smallest absolute Gasteiger partial charge is 0.338 e. The Hall–Kier alpha value is -5.26. The van der Waals surface area contributed by atoms with Crippen molar-refractivity contribution in [2.24, 2.45) is 5.10 Å². The summed E-state index contributed by atoms with van der Waals surface area (Å²) < 4.78 is 22.5. The summed E-state index contributed by atoms with van der Waals surface area (Å²) in [7, 11) is 1.44. The van der Waals surface area contributed by atoms with E-state index in [0.717, 1.165) is 16.3 Å². The van der Waals surface area contributed by atoms with Crippen molar-refractivity contribution in [2.45, 2.75) is 26.5 Å². The van der Waals surface area contributed by atoms with Gasteiger partial charge in [0.15, 0.2) is 18.1 Å². The number of rotatable bonds is 12. The van der Waals surface area contributed by atoms with Crippen LogP contribution >= 0.6 is 23.2 Å². The quantitative estimate of drug-likeness (QED) is 0.0882. The number of hydrazone groups is 1. The predicted molar refractivity (Wildman–Crippen MR) is 183 cm³/mol. The van der Waals surface area contributed by atoms with Crippen molar-refractivity contribution in [3.63, 3.8) is 0 Å². The molecule has 48 heavy (non-hydrogen) atoms. The molecular formula is C35H32Cl2N4O7. The molecule has 248 valence electrons. The number of hydrogen-bond acceptors (Lipinski definition) is 8. The Labute approximate surface area is 286 Å². The van der Waals surface area contributed by atoms with Crippen molar-refractivity contribution in [3.8, 4) is 17.2 Å². The second kappa shape index (κ2) is 15.6. The number of esters is 1. The van der Waals surface area contributed by atoms with Crippen LogP contribution in [0.4, 0.5) is 4.79 Å². The largest absolute Gasteiger partial charge is 0.493 e. The summed E-state index contributed by atoms with van der Waals surface area (Å²) in [5.74, 6) is 0.0132. The van der Waals surface area contributed by atoms with Gasteiger partial charge in [0.1, 0.15) is 12.4 Å². The average Bonchev–Trinajstić information content (AvgIpc) is 3.07. The third-order valence-electron chi connectivity index (χ3n) is 7.36. The molecule has 0 fully saturated rings.